The van der Waals surface area contributed by atoms with Crippen molar-refractivity contribution in [3.63, 3.8) is 0 Å². The van der Waals surface area contributed by atoms with E-state index >= 15 is 0 Å². The van der Waals surface area contributed by atoms with Crippen LogP contribution in [0.5, 0.6) is 11.5 Å². The van der Waals surface area contributed by atoms with Gasteiger partial charge in [0.25, 0.3) is 0 Å². The van der Waals surface area contributed by atoms with Crippen LogP contribution in [-0.4, -0.2) is 26.3 Å². The number of hydrogen-bond donors (Lipinski definition) is 0. The van der Waals surface area contributed by atoms with Gasteiger partial charge in [-0.25, -0.2) is 0 Å². The number of benzene rings is 1. The maximum absolute atomic E-state index is 12.1. The van der Waals surface area contributed by atoms with Crippen LogP contribution >= 0.6 is 0 Å². The van der Waals surface area contributed by atoms with Gasteiger partial charge in [-0.2, -0.15) is 0 Å². The molecule has 0 spiro atoms. The maximum Gasteiger partial charge on any atom is 0.177 e. The smallest absolute Gasteiger partial charge is 0.177 e. The zero-order valence-corrected chi connectivity index (χ0v) is 9.86. The molecule has 0 saturated carbocycles. The third kappa shape index (κ3) is 1.90. The van der Waals surface area contributed by atoms with E-state index in [4.69, 9.17) is 9.47 Å². The number of carbonyl (C=O) groups is 2. The highest BCUT2D eigenvalue weighted by molar-refractivity contribution is 6.09. The highest BCUT2D eigenvalue weighted by atomic mass is 16.5. The minimum absolute atomic E-state index is 0.152. The lowest BCUT2D eigenvalue weighted by molar-refractivity contribution is -0.110. The van der Waals surface area contributed by atoms with Gasteiger partial charge in [0.1, 0.15) is 17.8 Å². The van der Waals surface area contributed by atoms with Gasteiger partial charge >= 0.3 is 0 Å². The quantitative estimate of drug-likeness (QED) is 0.589. The molecule has 0 aromatic heterocycles. The number of aryl methyl sites for hydroxylation is 1. The summed E-state index contributed by atoms with van der Waals surface area (Å²) in [6.07, 6.45) is 1.97. The summed E-state index contributed by atoms with van der Waals surface area (Å²) < 4.78 is 10.4. The summed E-state index contributed by atoms with van der Waals surface area (Å²) in [5.41, 5.74) is 1.42. The Labute approximate surface area is 99.5 Å². The van der Waals surface area contributed by atoms with Gasteiger partial charge in [-0.3, -0.25) is 4.79 Å². The predicted molar refractivity (Wildman–Crippen MR) is 61.8 cm³/mol. The molecule has 1 aliphatic carbocycles. The first-order valence-corrected chi connectivity index (χ1v) is 5.45. The molecule has 0 radical (unpaired) electrons. The van der Waals surface area contributed by atoms with Gasteiger partial charge in [0.2, 0.25) is 0 Å². The van der Waals surface area contributed by atoms with Crippen LogP contribution in [-0.2, 0) is 11.2 Å². The minimum atomic E-state index is -0.537. The number of methoxy groups -OCH3 is 2. The van der Waals surface area contributed by atoms with E-state index in [0.29, 0.717) is 29.9 Å². The molecule has 0 saturated heterocycles. The van der Waals surface area contributed by atoms with Crippen molar-refractivity contribution in [2.24, 2.45) is 5.92 Å². The Balaban J connectivity index is 2.55. The van der Waals surface area contributed by atoms with Gasteiger partial charge in [-0.1, -0.05) is 0 Å². The maximum atomic E-state index is 12.1. The Bertz CT molecular complexity index is 447. The van der Waals surface area contributed by atoms with Crippen molar-refractivity contribution in [1.82, 2.24) is 0 Å². The van der Waals surface area contributed by atoms with Gasteiger partial charge in [0.05, 0.1) is 25.7 Å². The molecule has 0 fully saturated rings. The fraction of sp³-hybridized carbons (Fsp3) is 0.385. The summed E-state index contributed by atoms with van der Waals surface area (Å²) in [6.45, 7) is 0. The number of ether oxygens (including phenoxy) is 2. The molecular formula is C13H14O4. The number of rotatable bonds is 3. The zero-order valence-electron chi connectivity index (χ0n) is 9.86. The van der Waals surface area contributed by atoms with E-state index in [1.807, 2.05) is 6.07 Å². The molecule has 1 atom stereocenters. The van der Waals surface area contributed by atoms with E-state index in [1.165, 1.54) is 7.11 Å². The molecule has 0 bridgehead atoms. The Morgan fingerprint density at radius 1 is 1.29 bits per heavy atom. The average Bonchev–Trinajstić information content (AvgIpc) is 2.37. The first-order chi connectivity index (χ1) is 8.21. The summed E-state index contributed by atoms with van der Waals surface area (Å²) in [6, 6.07) is 3.50. The number of ketones is 1. The topological polar surface area (TPSA) is 52.6 Å². The monoisotopic (exact) mass is 234 g/mol. The molecule has 4 nitrogen and oxygen atoms in total. The van der Waals surface area contributed by atoms with Gasteiger partial charge in [0.15, 0.2) is 5.78 Å². The van der Waals surface area contributed by atoms with Crippen molar-refractivity contribution in [3.8, 4) is 11.5 Å². The molecular weight excluding hydrogens is 220 g/mol. The van der Waals surface area contributed by atoms with Crippen LogP contribution in [0.4, 0.5) is 0 Å². The minimum Gasteiger partial charge on any atom is -0.497 e. The van der Waals surface area contributed by atoms with Crippen molar-refractivity contribution < 1.29 is 19.1 Å². The molecule has 1 aliphatic rings. The van der Waals surface area contributed by atoms with E-state index < -0.39 is 5.92 Å². The predicted octanol–water partition coefficient (Wildman–Crippen LogP) is 1.65. The lowest BCUT2D eigenvalue weighted by Crippen LogP contribution is -2.24. The fourth-order valence-electron chi connectivity index (χ4n) is 2.16. The third-order valence-corrected chi connectivity index (χ3v) is 3.09. The largest absolute Gasteiger partial charge is 0.497 e. The Morgan fingerprint density at radius 3 is 2.65 bits per heavy atom. The molecule has 0 heterocycles. The van der Waals surface area contributed by atoms with Gasteiger partial charge in [0, 0.05) is 6.07 Å². The van der Waals surface area contributed by atoms with Crippen LogP contribution < -0.4 is 9.47 Å². The second-order valence-electron chi connectivity index (χ2n) is 4.01. The zero-order chi connectivity index (χ0) is 12.4. The molecule has 1 aromatic rings. The van der Waals surface area contributed by atoms with Crippen LogP contribution in [0, 0.1) is 5.92 Å². The average molecular weight is 234 g/mol. The van der Waals surface area contributed by atoms with Crippen LogP contribution in [0.3, 0.4) is 0 Å². The Hall–Kier alpha value is -1.84. The molecule has 1 aromatic carbocycles. The van der Waals surface area contributed by atoms with Gasteiger partial charge < -0.3 is 14.3 Å². The van der Waals surface area contributed by atoms with Crippen LogP contribution in [0.25, 0.3) is 0 Å². The van der Waals surface area contributed by atoms with E-state index in [9.17, 15) is 9.59 Å². The molecule has 0 aliphatic heterocycles. The van der Waals surface area contributed by atoms with Crippen LogP contribution in [0.2, 0.25) is 0 Å². The summed E-state index contributed by atoms with van der Waals surface area (Å²) in [4.78, 5) is 22.9. The first-order valence-electron chi connectivity index (χ1n) is 5.45. The Kier molecular flexibility index (Phi) is 3.13. The van der Waals surface area contributed by atoms with Crippen molar-refractivity contribution in [2.45, 2.75) is 12.8 Å². The second-order valence-corrected chi connectivity index (χ2v) is 4.01. The molecule has 0 N–H and O–H groups in total. The SMILES string of the molecule is COc1cc2c(c(OC)c1)C(=O)C(C=O)CC2. The fourth-order valence-corrected chi connectivity index (χ4v) is 2.16. The molecule has 4 heteroatoms. The van der Waals surface area contributed by atoms with Gasteiger partial charge in [-0.05, 0) is 24.5 Å². The molecule has 17 heavy (non-hydrogen) atoms. The number of hydrogen-bond acceptors (Lipinski definition) is 4. The van der Waals surface area contributed by atoms with E-state index in [1.54, 1.807) is 13.2 Å². The normalized spacial score (nSPS) is 18.5. The standard InChI is InChI=1S/C13H14O4/c1-16-10-5-8-3-4-9(7-14)13(15)12(8)11(6-10)17-2/h5-7,9H,3-4H2,1-2H3. The highest BCUT2D eigenvalue weighted by Crippen LogP contribution is 2.35. The van der Waals surface area contributed by atoms with Gasteiger partial charge in [-0.15, -0.1) is 0 Å². The molecule has 1 unspecified atom stereocenters. The number of Topliss-reactive ketones (excluding diaryl/α,β-unsaturated/α-hetero) is 1. The lowest BCUT2D eigenvalue weighted by atomic mass is 9.83. The Morgan fingerprint density at radius 2 is 2.06 bits per heavy atom. The van der Waals surface area contributed by atoms with Crippen LogP contribution in [0.15, 0.2) is 12.1 Å². The summed E-state index contributed by atoms with van der Waals surface area (Å²) in [7, 11) is 3.08. The van der Waals surface area contributed by atoms with Crippen molar-refractivity contribution in [1.29, 1.82) is 0 Å². The third-order valence-electron chi connectivity index (χ3n) is 3.09. The molecule has 0 amide bonds. The summed E-state index contributed by atoms with van der Waals surface area (Å²) in [5, 5.41) is 0. The number of carbonyl (C=O) groups excluding carboxylic acids is 2. The second kappa shape index (κ2) is 4.57. The number of aldehydes is 1. The summed E-state index contributed by atoms with van der Waals surface area (Å²) >= 11 is 0. The van der Waals surface area contributed by atoms with Crippen molar-refractivity contribution in [3.05, 3.63) is 23.3 Å². The van der Waals surface area contributed by atoms with Crippen molar-refractivity contribution in [2.75, 3.05) is 14.2 Å². The van der Waals surface area contributed by atoms with Crippen LogP contribution in [0.1, 0.15) is 22.3 Å². The summed E-state index contributed by atoms with van der Waals surface area (Å²) in [5.74, 6) is 0.458. The highest BCUT2D eigenvalue weighted by Gasteiger charge is 2.30. The molecule has 90 valence electrons. The van der Waals surface area contributed by atoms with E-state index in [-0.39, 0.29) is 5.78 Å². The first kappa shape index (κ1) is 11.6. The van der Waals surface area contributed by atoms with E-state index in [2.05, 4.69) is 0 Å². The molecule has 2 rings (SSSR count). The lowest BCUT2D eigenvalue weighted by Gasteiger charge is -2.22. The van der Waals surface area contributed by atoms with Crippen molar-refractivity contribution >= 4 is 12.1 Å². The number of fused-ring (bicyclic) bond motifs is 1. The van der Waals surface area contributed by atoms with E-state index in [0.717, 1.165) is 11.8 Å².